The number of nitrogens with one attached hydrogen (secondary N) is 2. The van der Waals surface area contributed by atoms with Gasteiger partial charge in [0.1, 0.15) is 5.82 Å². The van der Waals surface area contributed by atoms with Crippen LogP contribution in [0.3, 0.4) is 0 Å². The first kappa shape index (κ1) is 22.1. The number of H-pyrrole nitrogens is 1. The number of benzene rings is 2. The number of hydrogen-bond donors (Lipinski definition) is 3. The smallest absolute Gasteiger partial charge is 0.337 e. The van der Waals surface area contributed by atoms with Gasteiger partial charge in [-0.1, -0.05) is 6.07 Å². The van der Waals surface area contributed by atoms with Crippen molar-refractivity contribution in [2.75, 3.05) is 45.1 Å². The Balaban J connectivity index is 1.25. The summed E-state index contributed by atoms with van der Waals surface area (Å²) in [6, 6.07) is 9.34. The van der Waals surface area contributed by atoms with Crippen LogP contribution in [0.25, 0.3) is 21.8 Å². The van der Waals surface area contributed by atoms with Gasteiger partial charge in [-0.25, -0.2) is 9.78 Å². The predicted octanol–water partition coefficient (Wildman–Crippen LogP) is 2.98. The molecule has 5 rings (SSSR count). The molecule has 0 aliphatic carbocycles. The number of nitrogen functional groups attached to an aromatic ring is 1. The predicted molar refractivity (Wildman–Crippen MR) is 132 cm³/mol. The molecule has 1 saturated heterocycles. The maximum atomic E-state index is 11.7. The molecule has 4 N–H and O–H groups in total. The number of nitrogens with zero attached hydrogens (tertiary/aromatic N) is 3. The van der Waals surface area contributed by atoms with Crippen LogP contribution in [0.2, 0.25) is 0 Å². The number of carbonyl (C=O) groups excluding carboxylic acids is 1. The first-order valence-corrected chi connectivity index (χ1v) is 11.4. The number of esters is 1. The molecule has 34 heavy (non-hydrogen) atoms. The van der Waals surface area contributed by atoms with E-state index in [2.05, 4.69) is 24.6 Å². The van der Waals surface area contributed by atoms with E-state index in [9.17, 15) is 4.79 Å². The molecule has 1 aliphatic rings. The number of methoxy groups -OCH3 is 3. The van der Waals surface area contributed by atoms with Crippen LogP contribution in [-0.4, -0.2) is 61.4 Å². The average molecular weight is 481 g/mol. The number of rotatable bonds is 7. The lowest BCUT2D eigenvalue weighted by Gasteiger charge is -2.39. The molecule has 0 unspecified atom stereocenters. The SMILES string of the molecule is COC(=O)c1ccc2c(SNC3CN(c4nc(N)c5cc(OC)c(OC)cc5n4)C3)c[nH]c2c1. The highest BCUT2D eigenvalue weighted by Crippen LogP contribution is 2.35. The van der Waals surface area contributed by atoms with Gasteiger partial charge in [-0.2, -0.15) is 4.98 Å². The molecule has 1 fully saturated rings. The molecule has 0 amide bonds. The van der Waals surface area contributed by atoms with E-state index < -0.39 is 0 Å². The summed E-state index contributed by atoms with van der Waals surface area (Å²) in [7, 11) is 4.54. The number of aromatic amines is 1. The van der Waals surface area contributed by atoms with Crippen molar-refractivity contribution in [2.45, 2.75) is 10.9 Å². The molecule has 4 aromatic rings. The van der Waals surface area contributed by atoms with E-state index in [1.54, 1.807) is 44.4 Å². The topological polar surface area (TPSA) is 128 Å². The second-order valence-electron chi connectivity index (χ2n) is 7.86. The molecule has 0 spiro atoms. The molecular formula is C23H24N6O4S. The fourth-order valence-corrected chi connectivity index (χ4v) is 4.75. The standard InChI is InChI=1S/C23H24N6O4S/c1-31-18-7-15-17(8-19(18)32-2)26-23(27-21(15)24)29-10-13(11-29)28-34-20-9-25-16-6-12(22(30)33-3)4-5-14(16)20/h4-9,13,25,28H,10-11H2,1-3H3,(H2,24,26,27). The first-order chi connectivity index (χ1) is 16.5. The fourth-order valence-electron chi connectivity index (χ4n) is 3.90. The van der Waals surface area contributed by atoms with E-state index >= 15 is 0 Å². The van der Waals surface area contributed by atoms with Gasteiger partial charge in [0.25, 0.3) is 0 Å². The molecule has 0 saturated carbocycles. The van der Waals surface area contributed by atoms with Crippen molar-refractivity contribution in [3.8, 4) is 11.5 Å². The van der Waals surface area contributed by atoms with E-state index in [1.807, 2.05) is 18.3 Å². The van der Waals surface area contributed by atoms with Crippen LogP contribution in [0.15, 0.2) is 41.4 Å². The summed E-state index contributed by atoms with van der Waals surface area (Å²) in [5.41, 5.74) is 8.31. The molecule has 2 aromatic heterocycles. The van der Waals surface area contributed by atoms with E-state index in [-0.39, 0.29) is 12.0 Å². The highest BCUT2D eigenvalue weighted by atomic mass is 32.2. The van der Waals surface area contributed by atoms with Gasteiger partial charge in [0.15, 0.2) is 11.5 Å². The normalized spacial score (nSPS) is 13.8. The largest absolute Gasteiger partial charge is 0.493 e. The number of fused-ring (bicyclic) bond motifs is 2. The lowest BCUT2D eigenvalue weighted by molar-refractivity contribution is 0.0601. The molecule has 176 valence electrons. The van der Waals surface area contributed by atoms with Crippen LogP contribution in [0.1, 0.15) is 10.4 Å². The lowest BCUT2D eigenvalue weighted by atomic mass is 10.1. The summed E-state index contributed by atoms with van der Waals surface area (Å²) in [5.74, 6) is 1.81. The minimum Gasteiger partial charge on any atom is -0.493 e. The van der Waals surface area contributed by atoms with Crippen molar-refractivity contribution < 1.29 is 19.0 Å². The molecule has 2 aromatic carbocycles. The molecule has 3 heterocycles. The molecule has 11 heteroatoms. The van der Waals surface area contributed by atoms with Gasteiger partial charge in [-0.3, -0.25) is 4.72 Å². The van der Waals surface area contributed by atoms with Gasteiger partial charge >= 0.3 is 5.97 Å². The van der Waals surface area contributed by atoms with Crippen LogP contribution in [-0.2, 0) is 4.74 Å². The number of aromatic nitrogens is 3. The maximum Gasteiger partial charge on any atom is 0.337 e. The fraction of sp³-hybridized carbons (Fsp3) is 0.261. The van der Waals surface area contributed by atoms with Gasteiger partial charge in [0.2, 0.25) is 5.95 Å². The van der Waals surface area contributed by atoms with Crippen LogP contribution in [0, 0.1) is 0 Å². The van der Waals surface area contributed by atoms with E-state index in [0.717, 1.165) is 34.3 Å². The third kappa shape index (κ3) is 3.93. The quantitative estimate of drug-likeness (QED) is 0.268. The Morgan fingerprint density at radius 2 is 1.88 bits per heavy atom. The number of hydrogen-bond acceptors (Lipinski definition) is 10. The van der Waals surface area contributed by atoms with Crippen molar-refractivity contribution in [3.63, 3.8) is 0 Å². The highest BCUT2D eigenvalue weighted by Gasteiger charge is 2.29. The van der Waals surface area contributed by atoms with Gasteiger partial charge in [-0.05, 0) is 30.1 Å². The van der Waals surface area contributed by atoms with Crippen LogP contribution in [0.5, 0.6) is 11.5 Å². The minimum absolute atomic E-state index is 0.259. The molecule has 0 radical (unpaired) electrons. The first-order valence-electron chi connectivity index (χ1n) is 10.6. The number of nitrogens with two attached hydrogens (primary N) is 1. The third-order valence-electron chi connectivity index (χ3n) is 5.78. The second-order valence-corrected chi connectivity index (χ2v) is 8.74. The van der Waals surface area contributed by atoms with Gasteiger partial charge in [-0.15, -0.1) is 0 Å². The van der Waals surface area contributed by atoms with Crippen molar-refractivity contribution in [1.82, 2.24) is 19.7 Å². The maximum absolute atomic E-state index is 11.7. The van der Waals surface area contributed by atoms with Crippen LogP contribution in [0.4, 0.5) is 11.8 Å². The minimum atomic E-state index is -0.354. The molecule has 1 aliphatic heterocycles. The van der Waals surface area contributed by atoms with Crippen molar-refractivity contribution in [2.24, 2.45) is 0 Å². The van der Waals surface area contributed by atoms with Crippen molar-refractivity contribution in [3.05, 3.63) is 42.1 Å². The summed E-state index contributed by atoms with van der Waals surface area (Å²) in [5, 5.41) is 1.76. The van der Waals surface area contributed by atoms with Crippen molar-refractivity contribution in [1.29, 1.82) is 0 Å². The number of ether oxygens (including phenoxy) is 3. The third-order valence-corrected chi connectivity index (χ3v) is 6.79. The monoisotopic (exact) mass is 480 g/mol. The van der Waals surface area contributed by atoms with Gasteiger partial charge < -0.3 is 29.8 Å². The molecule has 0 bridgehead atoms. The summed E-state index contributed by atoms with van der Waals surface area (Å²) >= 11 is 1.55. The highest BCUT2D eigenvalue weighted by molar-refractivity contribution is 7.97. The zero-order valence-electron chi connectivity index (χ0n) is 18.9. The van der Waals surface area contributed by atoms with Crippen molar-refractivity contribution >= 4 is 51.5 Å². The Morgan fingerprint density at radius 1 is 1.12 bits per heavy atom. The Bertz CT molecular complexity index is 1390. The summed E-state index contributed by atoms with van der Waals surface area (Å²) in [6.07, 6.45) is 1.93. The summed E-state index contributed by atoms with van der Waals surface area (Å²) in [6.45, 7) is 1.50. The van der Waals surface area contributed by atoms with Gasteiger partial charge in [0, 0.05) is 46.5 Å². The van der Waals surface area contributed by atoms with E-state index in [1.165, 1.54) is 7.11 Å². The number of carbonyl (C=O) groups is 1. The van der Waals surface area contributed by atoms with Gasteiger partial charge in [0.05, 0.1) is 38.5 Å². The zero-order valence-corrected chi connectivity index (χ0v) is 19.7. The Hall–Kier alpha value is -3.70. The second kappa shape index (κ2) is 8.92. The lowest BCUT2D eigenvalue weighted by Crippen LogP contribution is -2.57. The molecule has 10 nitrogen and oxygen atoms in total. The van der Waals surface area contributed by atoms with Crippen LogP contribution >= 0.6 is 11.9 Å². The zero-order chi connectivity index (χ0) is 23.8. The summed E-state index contributed by atoms with van der Waals surface area (Å²) < 4.78 is 19.0. The Morgan fingerprint density at radius 3 is 2.62 bits per heavy atom. The Labute approximate surface area is 199 Å². The average Bonchev–Trinajstić information content (AvgIpc) is 3.24. The number of anilines is 2. The molecular weight excluding hydrogens is 456 g/mol. The van der Waals surface area contributed by atoms with E-state index in [4.69, 9.17) is 19.9 Å². The van der Waals surface area contributed by atoms with E-state index in [0.29, 0.717) is 34.3 Å². The Kier molecular flexibility index (Phi) is 5.80. The summed E-state index contributed by atoms with van der Waals surface area (Å²) in [4.78, 5) is 27.2. The van der Waals surface area contributed by atoms with Crippen LogP contribution < -0.4 is 24.8 Å². The molecule has 0 atom stereocenters.